The highest BCUT2D eigenvalue weighted by molar-refractivity contribution is 5.79. The van der Waals surface area contributed by atoms with Crippen LogP contribution in [-0.2, 0) is 13.6 Å². The van der Waals surface area contributed by atoms with Crippen LogP contribution >= 0.6 is 0 Å². The molecule has 0 bridgehead atoms. The summed E-state index contributed by atoms with van der Waals surface area (Å²) in [6, 6.07) is 0.546. The number of hydrogen-bond acceptors (Lipinski definition) is 3. The second kappa shape index (κ2) is 4.52. The van der Waals surface area contributed by atoms with Crippen LogP contribution in [0.25, 0.3) is 0 Å². The first-order valence-corrected chi connectivity index (χ1v) is 5.45. The number of hydrogen-bond donors (Lipinski definition) is 3. The number of nitrogens with one attached hydrogen (secondary N) is 2. The molecule has 0 aliphatic heterocycles. The van der Waals surface area contributed by atoms with Crippen LogP contribution in [0.15, 0.2) is 11.2 Å². The van der Waals surface area contributed by atoms with Crippen LogP contribution < -0.4 is 16.6 Å². The van der Waals surface area contributed by atoms with Gasteiger partial charge in [-0.15, -0.1) is 0 Å². The van der Waals surface area contributed by atoms with E-state index in [0.717, 1.165) is 11.3 Å². The first-order valence-electron chi connectivity index (χ1n) is 5.45. The van der Waals surface area contributed by atoms with Gasteiger partial charge < -0.3 is 5.32 Å². The summed E-state index contributed by atoms with van der Waals surface area (Å²) in [7, 11) is 1.92. The predicted molar refractivity (Wildman–Crippen MR) is 62.6 cm³/mol. The third kappa shape index (κ3) is 2.52. The number of hydrazine groups is 1. The van der Waals surface area contributed by atoms with Crippen molar-refractivity contribution in [1.29, 1.82) is 0 Å². The van der Waals surface area contributed by atoms with E-state index in [1.165, 1.54) is 12.8 Å². The second-order valence-corrected chi connectivity index (χ2v) is 4.11. The largest absolute Gasteiger partial charge is 0.353 e. The fourth-order valence-electron chi connectivity index (χ4n) is 1.42. The van der Waals surface area contributed by atoms with Crippen molar-refractivity contribution in [3.05, 3.63) is 17.5 Å². The van der Waals surface area contributed by atoms with Crippen LogP contribution in [0.1, 0.15) is 24.1 Å². The molecule has 0 atom stereocenters. The van der Waals surface area contributed by atoms with E-state index in [9.17, 15) is 0 Å². The van der Waals surface area contributed by atoms with Gasteiger partial charge in [-0.05, 0) is 19.8 Å². The summed E-state index contributed by atoms with van der Waals surface area (Å²) in [5.41, 5.74) is 4.83. The molecule has 1 aliphatic rings. The van der Waals surface area contributed by atoms with Crippen molar-refractivity contribution in [2.24, 2.45) is 17.9 Å². The highest BCUT2D eigenvalue weighted by atomic mass is 15.3. The van der Waals surface area contributed by atoms with E-state index in [1.54, 1.807) is 0 Å². The van der Waals surface area contributed by atoms with E-state index in [0.29, 0.717) is 18.5 Å². The Morgan fingerprint density at radius 1 is 1.69 bits per heavy atom. The average Bonchev–Trinajstić information content (AvgIpc) is 3.04. The molecule has 1 heterocycles. The molecule has 0 saturated heterocycles. The number of nitrogens with two attached hydrogens (primary N) is 1. The third-order valence-corrected chi connectivity index (χ3v) is 2.80. The quantitative estimate of drug-likeness (QED) is 0.286. The maximum atomic E-state index is 5.39. The lowest BCUT2D eigenvalue weighted by Crippen LogP contribution is -2.42. The molecule has 88 valence electrons. The maximum Gasteiger partial charge on any atom is 0.206 e. The van der Waals surface area contributed by atoms with Crippen LogP contribution in [0, 0.1) is 6.92 Å². The Bertz CT molecular complexity index is 390. The Hall–Kier alpha value is -1.56. The predicted octanol–water partition coefficient (Wildman–Crippen LogP) is -0.200. The summed E-state index contributed by atoms with van der Waals surface area (Å²) in [6.45, 7) is 2.63. The fraction of sp³-hybridized carbons (Fsp3) is 0.600. The molecular formula is C10H18N6. The topological polar surface area (TPSA) is 80.3 Å². The van der Waals surface area contributed by atoms with Gasteiger partial charge >= 0.3 is 0 Å². The van der Waals surface area contributed by atoms with E-state index in [4.69, 9.17) is 5.84 Å². The highest BCUT2D eigenvalue weighted by Crippen LogP contribution is 2.18. The van der Waals surface area contributed by atoms with Gasteiger partial charge in [-0.2, -0.15) is 5.10 Å². The van der Waals surface area contributed by atoms with Gasteiger partial charge in [0.15, 0.2) is 0 Å². The Kier molecular flexibility index (Phi) is 3.09. The number of rotatable bonds is 3. The van der Waals surface area contributed by atoms with E-state index in [-0.39, 0.29) is 0 Å². The fourth-order valence-corrected chi connectivity index (χ4v) is 1.42. The number of guanidine groups is 1. The van der Waals surface area contributed by atoms with Crippen molar-refractivity contribution in [2.75, 3.05) is 0 Å². The van der Waals surface area contributed by atoms with E-state index in [2.05, 4.69) is 20.8 Å². The summed E-state index contributed by atoms with van der Waals surface area (Å²) >= 11 is 0. The zero-order valence-corrected chi connectivity index (χ0v) is 9.70. The number of nitrogens with zero attached hydrogens (tertiary/aromatic N) is 3. The monoisotopic (exact) mass is 222 g/mol. The van der Waals surface area contributed by atoms with Crippen molar-refractivity contribution < 1.29 is 0 Å². The van der Waals surface area contributed by atoms with Crippen LogP contribution in [0.2, 0.25) is 0 Å². The van der Waals surface area contributed by atoms with Gasteiger partial charge in [0.05, 0.1) is 12.7 Å². The Balaban J connectivity index is 1.97. The van der Waals surface area contributed by atoms with Gasteiger partial charge in [-0.1, -0.05) is 0 Å². The van der Waals surface area contributed by atoms with Crippen molar-refractivity contribution in [3.8, 4) is 0 Å². The molecule has 16 heavy (non-hydrogen) atoms. The molecule has 1 aromatic heterocycles. The van der Waals surface area contributed by atoms with Crippen LogP contribution in [0.3, 0.4) is 0 Å². The number of aryl methyl sites for hydroxylation is 1. The van der Waals surface area contributed by atoms with Crippen molar-refractivity contribution >= 4 is 5.96 Å². The van der Waals surface area contributed by atoms with Crippen molar-refractivity contribution in [1.82, 2.24) is 20.5 Å². The molecule has 1 aromatic rings. The van der Waals surface area contributed by atoms with Gasteiger partial charge in [0.1, 0.15) is 0 Å². The van der Waals surface area contributed by atoms with Gasteiger partial charge in [0.25, 0.3) is 0 Å². The molecule has 1 saturated carbocycles. The first-order chi connectivity index (χ1) is 7.70. The molecule has 0 unspecified atom stereocenters. The lowest BCUT2D eigenvalue weighted by Gasteiger charge is -2.07. The van der Waals surface area contributed by atoms with Crippen molar-refractivity contribution in [2.45, 2.75) is 32.4 Å². The second-order valence-electron chi connectivity index (χ2n) is 4.11. The lowest BCUT2D eigenvalue weighted by molar-refractivity contribution is 0.737. The van der Waals surface area contributed by atoms with E-state index >= 15 is 0 Å². The molecule has 0 radical (unpaired) electrons. The minimum atomic E-state index is 0.546. The van der Waals surface area contributed by atoms with Crippen LogP contribution in [-0.4, -0.2) is 21.8 Å². The van der Waals surface area contributed by atoms with E-state index < -0.39 is 0 Å². The number of aliphatic imine (C=N–C) groups is 1. The standard InChI is InChI=1S/C10H18N6/c1-7-8(6-13-16(7)2)5-12-10(15-11)14-9-3-4-9/h6,9H,3-5,11H2,1-2H3,(H2,12,14,15). The highest BCUT2D eigenvalue weighted by Gasteiger charge is 2.21. The lowest BCUT2D eigenvalue weighted by atomic mass is 10.3. The summed E-state index contributed by atoms with van der Waals surface area (Å²) in [4.78, 5) is 4.38. The summed E-state index contributed by atoms with van der Waals surface area (Å²) < 4.78 is 1.84. The molecule has 0 amide bonds. The van der Waals surface area contributed by atoms with E-state index in [1.807, 2.05) is 24.9 Å². The molecule has 6 heteroatoms. The normalized spacial score (nSPS) is 16.3. The van der Waals surface area contributed by atoms with Gasteiger partial charge in [-0.3, -0.25) is 10.1 Å². The Morgan fingerprint density at radius 2 is 2.44 bits per heavy atom. The molecule has 0 spiro atoms. The van der Waals surface area contributed by atoms with Crippen molar-refractivity contribution in [3.63, 3.8) is 0 Å². The average molecular weight is 222 g/mol. The minimum Gasteiger partial charge on any atom is -0.353 e. The molecule has 1 aliphatic carbocycles. The number of aromatic nitrogens is 2. The van der Waals surface area contributed by atoms with Crippen LogP contribution in [0.4, 0.5) is 0 Å². The molecular weight excluding hydrogens is 204 g/mol. The molecule has 2 rings (SSSR count). The van der Waals surface area contributed by atoms with Gasteiger partial charge in [0.2, 0.25) is 5.96 Å². The Morgan fingerprint density at radius 3 is 2.94 bits per heavy atom. The minimum absolute atomic E-state index is 0.546. The Labute approximate surface area is 94.9 Å². The maximum absolute atomic E-state index is 5.39. The SMILES string of the molecule is Cc1c(CN=C(NN)NC2CC2)cnn1C. The van der Waals surface area contributed by atoms with Gasteiger partial charge in [0, 0.05) is 24.3 Å². The smallest absolute Gasteiger partial charge is 0.206 e. The first kappa shape index (κ1) is 10.9. The van der Waals surface area contributed by atoms with Crippen LogP contribution in [0.5, 0.6) is 0 Å². The third-order valence-electron chi connectivity index (χ3n) is 2.80. The summed E-state index contributed by atoms with van der Waals surface area (Å²) in [5.74, 6) is 6.05. The molecule has 6 nitrogen and oxygen atoms in total. The molecule has 1 fully saturated rings. The van der Waals surface area contributed by atoms with Gasteiger partial charge in [-0.25, -0.2) is 10.8 Å². The summed E-state index contributed by atoms with van der Waals surface area (Å²) in [5, 5.41) is 7.39. The zero-order valence-electron chi connectivity index (χ0n) is 9.70. The molecule has 4 N–H and O–H groups in total. The summed E-state index contributed by atoms with van der Waals surface area (Å²) in [6.07, 6.45) is 4.24. The zero-order chi connectivity index (χ0) is 11.5. The molecule has 0 aromatic carbocycles.